The molecule has 0 amide bonds. The fourth-order valence-electron chi connectivity index (χ4n) is 5.06. The molecule has 0 aromatic heterocycles. The van der Waals surface area contributed by atoms with Crippen molar-refractivity contribution in [3.63, 3.8) is 0 Å². The molecule has 1 fully saturated rings. The Bertz CT molecular complexity index is 782. The molecule has 0 saturated heterocycles. The van der Waals surface area contributed by atoms with Crippen LogP contribution in [-0.4, -0.2) is 17.3 Å². The summed E-state index contributed by atoms with van der Waals surface area (Å²) < 4.78 is 0. The maximum absolute atomic E-state index is 9.53. The summed E-state index contributed by atoms with van der Waals surface area (Å²) in [5.41, 5.74) is 13.3. The van der Waals surface area contributed by atoms with Crippen molar-refractivity contribution in [1.82, 2.24) is 0 Å². The predicted octanol–water partition coefficient (Wildman–Crippen LogP) is 5.72. The summed E-state index contributed by atoms with van der Waals surface area (Å²) in [5.74, 6) is 1.33. The van der Waals surface area contributed by atoms with Gasteiger partial charge in [-0.15, -0.1) is 0 Å². The van der Waals surface area contributed by atoms with Crippen LogP contribution in [0, 0.1) is 12.8 Å². The normalized spacial score (nSPS) is 25.8. The van der Waals surface area contributed by atoms with E-state index in [4.69, 9.17) is 5.73 Å². The van der Waals surface area contributed by atoms with E-state index in [0.717, 1.165) is 25.2 Å². The molecule has 3 N–H and O–H groups in total. The van der Waals surface area contributed by atoms with Crippen molar-refractivity contribution < 1.29 is 5.11 Å². The van der Waals surface area contributed by atoms with Gasteiger partial charge in [0.1, 0.15) is 0 Å². The van der Waals surface area contributed by atoms with Gasteiger partial charge < -0.3 is 10.8 Å². The van der Waals surface area contributed by atoms with Gasteiger partial charge in [-0.25, -0.2) is 0 Å². The van der Waals surface area contributed by atoms with Gasteiger partial charge in [-0.1, -0.05) is 61.9 Å². The van der Waals surface area contributed by atoms with Crippen LogP contribution in [0.1, 0.15) is 79.7 Å². The van der Waals surface area contributed by atoms with Crippen molar-refractivity contribution in [2.45, 2.75) is 83.6 Å². The van der Waals surface area contributed by atoms with Crippen LogP contribution in [0.4, 0.5) is 0 Å². The van der Waals surface area contributed by atoms with Gasteiger partial charge in [0.05, 0.1) is 6.61 Å². The zero-order chi connectivity index (χ0) is 20.9. The zero-order valence-electron chi connectivity index (χ0n) is 18.6. The van der Waals surface area contributed by atoms with E-state index >= 15 is 0 Å². The maximum Gasteiger partial charge on any atom is 0.0611 e. The Labute approximate surface area is 177 Å². The molecular weight excluding hydrogens is 354 g/mol. The van der Waals surface area contributed by atoms with Gasteiger partial charge in [0.15, 0.2) is 0 Å². The summed E-state index contributed by atoms with van der Waals surface area (Å²) in [5, 5.41) is 9.53. The van der Waals surface area contributed by atoms with Crippen LogP contribution < -0.4 is 5.73 Å². The van der Waals surface area contributed by atoms with Crippen molar-refractivity contribution in [3.8, 4) is 0 Å². The molecule has 2 aliphatic rings. The second-order valence-electron chi connectivity index (χ2n) is 9.12. The minimum Gasteiger partial charge on any atom is -0.394 e. The minimum absolute atomic E-state index is 0.108. The first kappa shape index (κ1) is 22.1. The smallest absolute Gasteiger partial charge is 0.0611 e. The number of hydrogen-bond donors (Lipinski definition) is 2. The lowest BCUT2D eigenvalue weighted by molar-refractivity contribution is 0.198. The highest BCUT2D eigenvalue weighted by atomic mass is 16.3. The summed E-state index contributed by atoms with van der Waals surface area (Å²) in [6.45, 7) is 6.26. The van der Waals surface area contributed by atoms with Crippen LogP contribution in [0.3, 0.4) is 0 Å². The molecule has 0 heterocycles. The van der Waals surface area contributed by atoms with Gasteiger partial charge in [-0.2, -0.15) is 0 Å². The zero-order valence-corrected chi connectivity index (χ0v) is 18.6. The van der Waals surface area contributed by atoms with Crippen molar-refractivity contribution in [3.05, 3.63) is 70.3 Å². The van der Waals surface area contributed by atoms with Gasteiger partial charge in [-0.05, 0) is 92.4 Å². The summed E-state index contributed by atoms with van der Waals surface area (Å²) in [6, 6.07) is 16.2. The van der Waals surface area contributed by atoms with E-state index in [1.165, 1.54) is 48.8 Å². The van der Waals surface area contributed by atoms with E-state index < -0.39 is 0 Å². The lowest BCUT2D eigenvalue weighted by Gasteiger charge is -2.26. The van der Waals surface area contributed by atoms with Crippen molar-refractivity contribution >= 4 is 0 Å². The molecule has 2 heteroatoms. The highest BCUT2D eigenvalue weighted by Crippen LogP contribution is 2.40. The number of fused-ring (bicyclic) bond motifs is 1. The highest BCUT2D eigenvalue weighted by Gasteiger charge is 2.36. The molecule has 2 aliphatic carbocycles. The number of rotatable bonds is 5. The first-order valence-corrected chi connectivity index (χ1v) is 11.6. The highest BCUT2D eigenvalue weighted by molar-refractivity contribution is 5.36. The van der Waals surface area contributed by atoms with Crippen LogP contribution in [-0.2, 0) is 19.3 Å². The Kier molecular flexibility index (Phi) is 7.54. The van der Waals surface area contributed by atoms with Gasteiger partial charge in [0.25, 0.3) is 0 Å². The van der Waals surface area contributed by atoms with Crippen LogP contribution in [0.25, 0.3) is 0 Å². The van der Waals surface area contributed by atoms with Gasteiger partial charge in [0.2, 0.25) is 0 Å². The molecule has 29 heavy (non-hydrogen) atoms. The Morgan fingerprint density at radius 2 is 1.79 bits per heavy atom. The molecule has 1 saturated carbocycles. The summed E-state index contributed by atoms with van der Waals surface area (Å²) in [7, 11) is 0. The topological polar surface area (TPSA) is 46.2 Å². The first-order chi connectivity index (χ1) is 14.0. The van der Waals surface area contributed by atoms with E-state index in [0.29, 0.717) is 5.92 Å². The third kappa shape index (κ3) is 5.49. The molecule has 0 radical (unpaired) electrons. The van der Waals surface area contributed by atoms with Crippen LogP contribution in [0.15, 0.2) is 42.5 Å². The average molecular weight is 394 g/mol. The average Bonchev–Trinajstić information content (AvgIpc) is 3.17. The third-order valence-electron chi connectivity index (χ3n) is 6.95. The molecule has 2 unspecified atom stereocenters. The van der Waals surface area contributed by atoms with Crippen LogP contribution >= 0.6 is 0 Å². The molecule has 2 aromatic rings. The van der Waals surface area contributed by atoms with E-state index in [1.54, 1.807) is 11.1 Å². The Morgan fingerprint density at radius 1 is 1.03 bits per heavy atom. The van der Waals surface area contributed by atoms with E-state index in [1.807, 2.05) is 13.8 Å². The quantitative estimate of drug-likeness (QED) is 0.683. The molecule has 2 aromatic carbocycles. The van der Waals surface area contributed by atoms with Gasteiger partial charge >= 0.3 is 0 Å². The summed E-state index contributed by atoms with van der Waals surface area (Å²) >= 11 is 0. The number of aryl methyl sites for hydroxylation is 3. The fourth-order valence-corrected chi connectivity index (χ4v) is 5.06. The van der Waals surface area contributed by atoms with Crippen molar-refractivity contribution in [2.75, 3.05) is 6.61 Å². The Hall–Kier alpha value is -1.64. The van der Waals surface area contributed by atoms with Crippen LogP contribution in [0.2, 0.25) is 0 Å². The van der Waals surface area contributed by atoms with E-state index in [9.17, 15) is 5.11 Å². The predicted molar refractivity (Wildman–Crippen MR) is 123 cm³/mol. The molecule has 2 nitrogen and oxygen atoms in total. The van der Waals surface area contributed by atoms with Crippen molar-refractivity contribution in [1.29, 1.82) is 0 Å². The van der Waals surface area contributed by atoms with Crippen LogP contribution in [0.5, 0.6) is 0 Å². The Morgan fingerprint density at radius 3 is 2.48 bits per heavy atom. The fraction of sp³-hybridized carbons (Fsp3) is 0.556. The number of aliphatic hydroxyl groups is 1. The largest absolute Gasteiger partial charge is 0.394 e. The van der Waals surface area contributed by atoms with E-state index in [-0.39, 0.29) is 12.1 Å². The number of benzene rings is 2. The summed E-state index contributed by atoms with van der Waals surface area (Å²) in [6.07, 6.45) is 9.19. The molecule has 0 spiro atoms. The first-order valence-electron chi connectivity index (χ1n) is 11.6. The molecule has 0 bridgehead atoms. The molecule has 0 aliphatic heterocycles. The monoisotopic (exact) mass is 393 g/mol. The molecule has 3 atom stereocenters. The van der Waals surface area contributed by atoms with Crippen molar-refractivity contribution in [2.24, 2.45) is 11.7 Å². The van der Waals surface area contributed by atoms with E-state index in [2.05, 4.69) is 49.4 Å². The van der Waals surface area contributed by atoms with Gasteiger partial charge in [0, 0.05) is 5.54 Å². The molecular formula is C27H39NO. The second kappa shape index (κ2) is 9.91. The number of aliphatic hydroxyl groups excluding tert-OH is 1. The maximum atomic E-state index is 9.53. The lowest BCUT2D eigenvalue weighted by atomic mass is 9.79. The molecule has 4 rings (SSSR count). The minimum atomic E-state index is -0.359. The molecule has 158 valence electrons. The number of nitrogens with two attached hydrogens (primary N) is 1. The standard InChI is InChI=1S/C25H33NO.C2H6/c1-18-2-4-19(5-3-18)6-7-20-8-9-22-15-23(11-10-21(22)14-20)24-12-13-25(26,16-24)17-27;1-2/h2-5,10-11,15,20,24,27H,6-9,12-14,16-17,26H2,1H3;1-2H3/t20?,24?,25-;/m1./s1. The lowest BCUT2D eigenvalue weighted by Crippen LogP contribution is -2.40. The third-order valence-corrected chi connectivity index (χ3v) is 6.95. The van der Waals surface area contributed by atoms with Gasteiger partial charge in [-0.3, -0.25) is 0 Å². The SMILES string of the molecule is CC.Cc1ccc(CCC2CCc3cc(C4CC[C@](N)(CO)C4)ccc3C2)cc1. The Balaban J connectivity index is 0.00000117. The second-order valence-corrected chi connectivity index (χ2v) is 9.12. The number of hydrogen-bond acceptors (Lipinski definition) is 2. The summed E-state index contributed by atoms with van der Waals surface area (Å²) in [4.78, 5) is 0.